The summed E-state index contributed by atoms with van der Waals surface area (Å²) < 4.78 is 11.4. The van der Waals surface area contributed by atoms with Crippen LogP contribution in [0.5, 0.6) is 11.5 Å². The first-order valence-electron chi connectivity index (χ1n) is 11.8. The van der Waals surface area contributed by atoms with Crippen LogP contribution < -0.4 is 15.2 Å². The lowest BCUT2D eigenvalue weighted by Crippen LogP contribution is -2.46. The minimum atomic E-state index is -0.753. The number of aliphatic hydroxyl groups is 2. The zero-order valence-corrected chi connectivity index (χ0v) is 20.0. The van der Waals surface area contributed by atoms with Gasteiger partial charge in [-0.2, -0.15) is 0 Å². The number of para-hydroxylation sites is 2. The molecule has 0 aliphatic heterocycles. The van der Waals surface area contributed by atoms with Gasteiger partial charge in [-0.1, -0.05) is 48.5 Å². The van der Waals surface area contributed by atoms with Crippen LogP contribution in [0, 0.1) is 0 Å². The maximum atomic E-state index is 11.3. The Labute approximate surface area is 206 Å². The number of nitrogens with two attached hydrogens (primary N) is 1. The molecule has 0 aliphatic carbocycles. The minimum absolute atomic E-state index is 0.00724. The lowest BCUT2D eigenvalue weighted by Gasteiger charge is -2.32. The highest BCUT2D eigenvalue weighted by molar-refractivity contribution is 5.92. The Balaban J connectivity index is 1.61. The van der Waals surface area contributed by atoms with E-state index >= 15 is 0 Å². The van der Waals surface area contributed by atoms with E-state index in [1.165, 1.54) is 0 Å². The number of primary amides is 1. The molecule has 0 spiro atoms. The molecule has 35 heavy (non-hydrogen) atoms. The van der Waals surface area contributed by atoms with Crippen molar-refractivity contribution in [3.8, 4) is 11.5 Å². The first-order valence-corrected chi connectivity index (χ1v) is 11.8. The van der Waals surface area contributed by atoms with Crippen molar-refractivity contribution >= 4 is 5.91 Å². The SMILES string of the molecule is CC(Cc1ccc(C(N)=O)cc1)N(CC(O)COc1ccccc1)CC(O)COc1ccccc1. The number of carbonyl (C=O) groups is 1. The molecular weight excluding hydrogens is 444 g/mol. The van der Waals surface area contributed by atoms with Gasteiger partial charge in [0.1, 0.15) is 36.9 Å². The average Bonchev–Trinajstić information content (AvgIpc) is 2.87. The third-order valence-corrected chi connectivity index (χ3v) is 5.65. The van der Waals surface area contributed by atoms with Gasteiger partial charge in [0.05, 0.1) is 0 Å². The van der Waals surface area contributed by atoms with Gasteiger partial charge in [-0.05, 0) is 55.3 Å². The van der Waals surface area contributed by atoms with Crippen molar-refractivity contribution in [3.63, 3.8) is 0 Å². The van der Waals surface area contributed by atoms with Crippen LogP contribution in [0.25, 0.3) is 0 Å². The molecule has 1 amide bonds. The summed E-state index contributed by atoms with van der Waals surface area (Å²) in [5.74, 6) is 0.920. The van der Waals surface area contributed by atoms with Crippen LogP contribution in [0.15, 0.2) is 84.9 Å². The standard InChI is InChI=1S/C28H34N2O5/c1-21(16-22-12-14-23(15-13-22)28(29)33)30(17-24(31)19-34-26-8-4-2-5-9-26)18-25(32)20-35-27-10-6-3-7-11-27/h2-15,21,24-25,31-32H,16-20H2,1H3,(H2,29,33). The van der Waals surface area contributed by atoms with Crippen molar-refractivity contribution in [2.45, 2.75) is 31.6 Å². The van der Waals surface area contributed by atoms with E-state index in [1.807, 2.05) is 84.6 Å². The Bertz CT molecular complexity index is 963. The van der Waals surface area contributed by atoms with Crippen LogP contribution in [0.4, 0.5) is 0 Å². The normalized spacial score (nSPS) is 13.7. The van der Waals surface area contributed by atoms with Gasteiger partial charge in [0.2, 0.25) is 5.91 Å². The molecule has 3 aromatic carbocycles. The van der Waals surface area contributed by atoms with E-state index in [2.05, 4.69) is 0 Å². The summed E-state index contributed by atoms with van der Waals surface area (Å²) >= 11 is 0. The van der Waals surface area contributed by atoms with E-state index in [-0.39, 0.29) is 19.3 Å². The molecule has 0 aliphatic rings. The van der Waals surface area contributed by atoms with Crippen LogP contribution >= 0.6 is 0 Å². The van der Waals surface area contributed by atoms with Gasteiger partial charge in [0.15, 0.2) is 0 Å². The summed E-state index contributed by atoms with van der Waals surface area (Å²) in [7, 11) is 0. The quantitative estimate of drug-likeness (QED) is 0.329. The van der Waals surface area contributed by atoms with Gasteiger partial charge in [-0.25, -0.2) is 0 Å². The summed E-state index contributed by atoms with van der Waals surface area (Å²) in [4.78, 5) is 13.4. The fraction of sp³-hybridized carbons (Fsp3) is 0.321. The van der Waals surface area contributed by atoms with Crippen molar-refractivity contribution in [2.75, 3.05) is 26.3 Å². The number of ether oxygens (including phenoxy) is 2. The molecule has 3 aromatic rings. The second-order valence-electron chi connectivity index (χ2n) is 8.62. The second-order valence-corrected chi connectivity index (χ2v) is 8.62. The highest BCUT2D eigenvalue weighted by atomic mass is 16.5. The predicted octanol–water partition coefficient (Wildman–Crippen LogP) is 2.90. The number of benzene rings is 3. The zero-order chi connectivity index (χ0) is 25.0. The molecule has 0 fully saturated rings. The van der Waals surface area contributed by atoms with Crippen molar-refractivity contribution in [3.05, 3.63) is 96.1 Å². The first-order chi connectivity index (χ1) is 16.9. The Hall–Kier alpha value is -3.39. The van der Waals surface area contributed by atoms with Gasteiger partial charge < -0.3 is 25.4 Å². The number of carbonyl (C=O) groups excluding carboxylic acids is 1. The number of hydrogen-bond donors (Lipinski definition) is 3. The van der Waals surface area contributed by atoms with Crippen LogP contribution in [0.2, 0.25) is 0 Å². The van der Waals surface area contributed by atoms with E-state index < -0.39 is 18.1 Å². The molecule has 0 heterocycles. The lowest BCUT2D eigenvalue weighted by molar-refractivity contribution is 0.0167. The average molecular weight is 479 g/mol. The molecule has 7 heteroatoms. The molecule has 7 nitrogen and oxygen atoms in total. The molecule has 3 atom stereocenters. The molecule has 4 N–H and O–H groups in total. The Morgan fingerprint density at radius 3 is 1.69 bits per heavy atom. The maximum absolute atomic E-state index is 11.3. The van der Waals surface area contributed by atoms with Gasteiger partial charge in [-0.3, -0.25) is 9.69 Å². The fourth-order valence-electron chi connectivity index (χ4n) is 3.77. The predicted molar refractivity (Wildman–Crippen MR) is 136 cm³/mol. The minimum Gasteiger partial charge on any atom is -0.491 e. The molecule has 3 rings (SSSR count). The number of hydrogen-bond acceptors (Lipinski definition) is 6. The zero-order valence-electron chi connectivity index (χ0n) is 20.0. The molecule has 0 saturated heterocycles. The van der Waals surface area contributed by atoms with E-state index in [4.69, 9.17) is 15.2 Å². The van der Waals surface area contributed by atoms with Gasteiger partial charge in [0, 0.05) is 24.7 Å². The summed E-state index contributed by atoms with van der Waals surface area (Å²) in [5.41, 5.74) is 6.82. The third-order valence-electron chi connectivity index (χ3n) is 5.65. The number of amides is 1. The van der Waals surface area contributed by atoms with Crippen molar-refractivity contribution in [1.82, 2.24) is 4.90 Å². The van der Waals surface area contributed by atoms with Crippen LogP contribution in [-0.4, -0.2) is 65.6 Å². The third kappa shape index (κ3) is 9.05. The van der Waals surface area contributed by atoms with Crippen molar-refractivity contribution in [1.29, 1.82) is 0 Å². The largest absolute Gasteiger partial charge is 0.491 e. The maximum Gasteiger partial charge on any atom is 0.248 e. The van der Waals surface area contributed by atoms with E-state index in [0.29, 0.717) is 36.6 Å². The highest BCUT2D eigenvalue weighted by Crippen LogP contribution is 2.14. The molecule has 0 aromatic heterocycles. The number of rotatable bonds is 14. The number of nitrogens with zero attached hydrogens (tertiary/aromatic N) is 1. The smallest absolute Gasteiger partial charge is 0.248 e. The van der Waals surface area contributed by atoms with Crippen molar-refractivity contribution < 1.29 is 24.5 Å². The van der Waals surface area contributed by atoms with Gasteiger partial charge in [0.25, 0.3) is 0 Å². The van der Waals surface area contributed by atoms with Crippen LogP contribution in [0.3, 0.4) is 0 Å². The molecule has 0 bridgehead atoms. The topological polar surface area (TPSA) is 105 Å². The summed E-state index contributed by atoms with van der Waals surface area (Å²) in [6.45, 7) is 2.94. The molecule has 0 radical (unpaired) electrons. The summed E-state index contributed by atoms with van der Waals surface area (Å²) in [6.07, 6.45) is -0.841. The molecule has 3 unspecified atom stereocenters. The summed E-state index contributed by atoms with van der Waals surface area (Å²) in [6, 6.07) is 25.8. The second kappa shape index (κ2) is 13.5. The van der Waals surface area contributed by atoms with E-state index in [1.54, 1.807) is 12.1 Å². The monoisotopic (exact) mass is 478 g/mol. The van der Waals surface area contributed by atoms with Crippen LogP contribution in [0.1, 0.15) is 22.8 Å². The van der Waals surface area contributed by atoms with E-state index in [0.717, 1.165) is 5.56 Å². The molecule has 0 saturated carbocycles. The van der Waals surface area contributed by atoms with Crippen LogP contribution in [-0.2, 0) is 6.42 Å². The Morgan fingerprint density at radius 1 is 0.800 bits per heavy atom. The Morgan fingerprint density at radius 2 is 1.26 bits per heavy atom. The van der Waals surface area contributed by atoms with Crippen molar-refractivity contribution in [2.24, 2.45) is 5.73 Å². The Kier molecular flexibility index (Phi) is 10.1. The molecular formula is C28H34N2O5. The van der Waals surface area contributed by atoms with Gasteiger partial charge in [-0.15, -0.1) is 0 Å². The first kappa shape index (κ1) is 26.2. The fourth-order valence-corrected chi connectivity index (χ4v) is 3.77. The number of aliphatic hydroxyl groups excluding tert-OH is 2. The van der Waals surface area contributed by atoms with Gasteiger partial charge >= 0.3 is 0 Å². The molecule has 186 valence electrons. The lowest BCUT2D eigenvalue weighted by atomic mass is 10.0. The highest BCUT2D eigenvalue weighted by Gasteiger charge is 2.22. The van der Waals surface area contributed by atoms with E-state index in [9.17, 15) is 15.0 Å². The summed E-state index contributed by atoms with van der Waals surface area (Å²) in [5, 5.41) is 21.4.